The van der Waals surface area contributed by atoms with Gasteiger partial charge in [0.05, 0.1) is 11.0 Å². The number of rotatable bonds is 4. The number of imidazole rings is 1. The number of aromatic nitrogens is 2. The lowest BCUT2D eigenvalue weighted by Gasteiger charge is -2.32. The Morgan fingerprint density at radius 1 is 1.07 bits per heavy atom. The summed E-state index contributed by atoms with van der Waals surface area (Å²) in [6.45, 7) is 1.30. The number of nitrogens with zero attached hydrogens (tertiary/aromatic N) is 2. The second-order valence-corrected chi connectivity index (χ2v) is 7.06. The summed E-state index contributed by atoms with van der Waals surface area (Å²) in [5.41, 5.74) is 2.49. The number of phenols is 1. The molecule has 0 atom stereocenters. The van der Waals surface area contributed by atoms with E-state index < -0.39 is 0 Å². The van der Waals surface area contributed by atoms with E-state index in [2.05, 4.69) is 4.98 Å². The third kappa shape index (κ3) is 3.47. The molecule has 1 amide bonds. The van der Waals surface area contributed by atoms with Gasteiger partial charge in [-0.05, 0) is 43.0 Å². The van der Waals surface area contributed by atoms with Gasteiger partial charge in [-0.3, -0.25) is 9.36 Å². The molecule has 140 valence electrons. The highest BCUT2D eigenvalue weighted by Crippen LogP contribution is 2.25. The van der Waals surface area contributed by atoms with Crippen LogP contribution in [0, 0.1) is 0 Å². The van der Waals surface area contributed by atoms with Crippen LogP contribution < -0.4 is 5.69 Å². The number of aromatic hydroxyl groups is 1. The number of amides is 1. The Bertz CT molecular complexity index is 1010. The molecule has 1 saturated heterocycles. The van der Waals surface area contributed by atoms with Gasteiger partial charge < -0.3 is 15.0 Å². The molecule has 0 aliphatic carbocycles. The van der Waals surface area contributed by atoms with E-state index in [4.69, 9.17) is 0 Å². The smallest absolute Gasteiger partial charge is 0.326 e. The standard InChI is InChI=1S/C21H23N3O3/c25-19-8-4-1-5-15(19)9-10-20(26)23-13-11-16(12-14-23)24-18-7-3-2-6-17(18)22-21(24)27/h1-8,16,25H,9-14H2,(H,22,27). The minimum Gasteiger partial charge on any atom is -0.508 e. The zero-order valence-corrected chi connectivity index (χ0v) is 15.1. The average Bonchev–Trinajstić information content (AvgIpc) is 3.03. The van der Waals surface area contributed by atoms with Gasteiger partial charge in [0.25, 0.3) is 0 Å². The maximum atomic E-state index is 12.5. The van der Waals surface area contributed by atoms with E-state index in [0.717, 1.165) is 29.4 Å². The summed E-state index contributed by atoms with van der Waals surface area (Å²) in [7, 11) is 0. The number of nitrogens with one attached hydrogen (secondary N) is 1. The number of likely N-dealkylation sites (tertiary alicyclic amines) is 1. The molecule has 27 heavy (non-hydrogen) atoms. The van der Waals surface area contributed by atoms with E-state index >= 15 is 0 Å². The van der Waals surface area contributed by atoms with E-state index in [1.165, 1.54) is 0 Å². The number of para-hydroxylation sites is 3. The van der Waals surface area contributed by atoms with Crippen LogP contribution in [0.4, 0.5) is 0 Å². The molecule has 0 bridgehead atoms. The quantitative estimate of drug-likeness (QED) is 0.746. The van der Waals surface area contributed by atoms with Crippen LogP contribution in [0.1, 0.15) is 30.9 Å². The van der Waals surface area contributed by atoms with E-state index in [1.807, 2.05) is 45.9 Å². The molecular weight excluding hydrogens is 342 g/mol. The Morgan fingerprint density at radius 3 is 2.56 bits per heavy atom. The van der Waals surface area contributed by atoms with Crippen molar-refractivity contribution in [1.29, 1.82) is 0 Å². The predicted molar refractivity (Wildman–Crippen MR) is 104 cm³/mol. The molecule has 1 aromatic heterocycles. The van der Waals surface area contributed by atoms with Crippen LogP contribution >= 0.6 is 0 Å². The van der Waals surface area contributed by atoms with Gasteiger partial charge in [-0.2, -0.15) is 0 Å². The number of piperidine rings is 1. The van der Waals surface area contributed by atoms with Gasteiger partial charge >= 0.3 is 5.69 Å². The van der Waals surface area contributed by atoms with Crippen molar-refractivity contribution in [3.63, 3.8) is 0 Å². The van der Waals surface area contributed by atoms with Gasteiger partial charge in [0.2, 0.25) is 5.91 Å². The molecule has 2 aromatic carbocycles. The normalized spacial score (nSPS) is 15.3. The first-order valence-corrected chi connectivity index (χ1v) is 9.37. The molecule has 0 unspecified atom stereocenters. The topological polar surface area (TPSA) is 78.3 Å². The third-order valence-electron chi connectivity index (χ3n) is 5.41. The molecule has 0 saturated carbocycles. The maximum absolute atomic E-state index is 12.5. The first-order valence-electron chi connectivity index (χ1n) is 9.37. The molecular formula is C21H23N3O3. The van der Waals surface area contributed by atoms with Crippen LogP contribution in [-0.4, -0.2) is 38.6 Å². The maximum Gasteiger partial charge on any atom is 0.326 e. The van der Waals surface area contributed by atoms with Crippen molar-refractivity contribution in [2.24, 2.45) is 0 Å². The lowest BCUT2D eigenvalue weighted by Crippen LogP contribution is -2.40. The molecule has 6 heteroatoms. The minimum absolute atomic E-state index is 0.0828. The first kappa shape index (κ1) is 17.4. The highest BCUT2D eigenvalue weighted by Gasteiger charge is 2.25. The van der Waals surface area contributed by atoms with Crippen LogP contribution in [0.5, 0.6) is 5.75 Å². The van der Waals surface area contributed by atoms with Crippen LogP contribution in [0.25, 0.3) is 11.0 Å². The summed E-state index contributed by atoms with van der Waals surface area (Å²) < 4.78 is 1.83. The highest BCUT2D eigenvalue weighted by atomic mass is 16.3. The Morgan fingerprint density at radius 2 is 1.78 bits per heavy atom. The zero-order chi connectivity index (χ0) is 18.8. The third-order valence-corrected chi connectivity index (χ3v) is 5.41. The Balaban J connectivity index is 1.38. The zero-order valence-electron chi connectivity index (χ0n) is 15.1. The van der Waals surface area contributed by atoms with E-state index in [1.54, 1.807) is 12.1 Å². The van der Waals surface area contributed by atoms with Gasteiger partial charge in [0, 0.05) is 25.6 Å². The number of fused-ring (bicyclic) bond motifs is 1. The van der Waals surface area contributed by atoms with Gasteiger partial charge in [-0.25, -0.2) is 4.79 Å². The fraction of sp³-hybridized carbons (Fsp3) is 0.333. The van der Waals surface area contributed by atoms with Crippen molar-refractivity contribution in [3.8, 4) is 5.75 Å². The van der Waals surface area contributed by atoms with Crippen LogP contribution in [0.3, 0.4) is 0 Å². The average molecular weight is 365 g/mol. The van der Waals surface area contributed by atoms with Gasteiger partial charge in [-0.1, -0.05) is 30.3 Å². The van der Waals surface area contributed by atoms with E-state index in [-0.39, 0.29) is 23.4 Å². The van der Waals surface area contributed by atoms with Crippen LogP contribution in [-0.2, 0) is 11.2 Å². The second-order valence-electron chi connectivity index (χ2n) is 7.06. The lowest BCUT2D eigenvalue weighted by atomic mass is 10.0. The second kappa shape index (κ2) is 7.31. The fourth-order valence-corrected chi connectivity index (χ4v) is 3.93. The Labute approximate surface area is 157 Å². The van der Waals surface area contributed by atoms with Crippen molar-refractivity contribution in [2.75, 3.05) is 13.1 Å². The molecule has 3 aromatic rings. The molecule has 1 fully saturated rings. The fourth-order valence-electron chi connectivity index (χ4n) is 3.93. The van der Waals surface area contributed by atoms with Crippen LogP contribution in [0.2, 0.25) is 0 Å². The van der Waals surface area contributed by atoms with Crippen molar-refractivity contribution < 1.29 is 9.90 Å². The van der Waals surface area contributed by atoms with Gasteiger partial charge in [0.15, 0.2) is 0 Å². The monoisotopic (exact) mass is 365 g/mol. The molecule has 2 heterocycles. The highest BCUT2D eigenvalue weighted by molar-refractivity contribution is 5.77. The summed E-state index contributed by atoms with van der Waals surface area (Å²) in [5.74, 6) is 0.339. The Kier molecular flexibility index (Phi) is 4.71. The minimum atomic E-state index is -0.0828. The van der Waals surface area contributed by atoms with Gasteiger partial charge in [-0.15, -0.1) is 0 Å². The molecule has 4 rings (SSSR count). The molecule has 1 aliphatic heterocycles. The number of hydrogen-bond acceptors (Lipinski definition) is 3. The van der Waals surface area contributed by atoms with Crippen molar-refractivity contribution in [2.45, 2.75) is 31.7 Å². The molecule has 0 spiro atoms. The number of aryl methyl sites for hydroxylation is 1. The van der Waals surface area contributed by atoms with Crippen molar-refractivity contribution in [1.82, 2.24) is 14.5 Å². The molecule has 1 aliphatic rings. The lowest BCUT2D eigenvalue weighted by molar-refractivity contribution is -0.132. The molecule has 6 nitrogen and oxygen atoms in total. The summed E-state index contributed by atoms with van der Waals surface area (Å²) in [5, 5.41) is 9.83. The molecule has 0 radical (unpaired) electrons. The number of benzene rings is 2. The van der Waals surface area contributed by atoms with Crippen molar-refractivity contribution in [3.05, 3.63) is 64.6 Å². The first-order chi connectivity index (χ1) is 13.1. The molecule has 2 N–H and O–H groups in total. The predicted octanol–water partition coefficient (Wildman–Crippen LogP) is 2.83. The Hall–Kier alpha value is -3.02. The SMILES string of the molecule is O=C(CCc1ccccc1O)N1CCC(n2c(=O)[nH]c3ccccc32)CC1. The number of aromatic amines is 1. The van der Waals surface area contributed by atoms with Crippen LogP contribution in [0.15, 0.2) is 53.3 Å². The summed E-state index contributed by atoms with van der Waals surface area (Å²) in [6.07, 6.45) is 2.46. The number of carbonyl (C=O) groups is 1. The number of carbonyl (C=O) groups excluding carboxylic acids is 1. The summed E-state index contributed by atoms with van der Waals surface area (Å²) in [4.78, 5) is 29.6. The van der Waals surface area contributed by atoms with Gasteiger partial charge in [0.1, 0.15) is 5.75 Å². The number of hydrogen-bond donors (Lipinski definition) is 2. The summed E-state index contributed by atoms with van der Waals surface area (Å²) in [6, 6.07) is 14.9. The van der Waals surface area contributed by atoms with E-state index in [0.29, 0.717) is 25.9 Å². The van der Waals surface area contributed by atoms with E-state index in [9.17, 15) is 14.7 Å². The van der Waals surface area contributed by atoms with Crippen molar-refractivity contribution >= 4 is 16.9 Å². The number of H-pyrrole nitrogens is 1. The summed E-state index contributed by atoms with van der Waals surface area (Å²) >= 11 is 0. The largest absolute Gasteiger partial charge is 0.508 e. The number of phenolic OH excluding ortho intramolecular Hbond substituents is 1.